The van der Waals surface area contributed by atoms with E-state index in [9.17, 15) is 19.7 Å². The monoisotopic (exact) mass is 326 g/mol. The molecule has 1 N–H and O–H groups in total. The zero-order chi connectivity index (χ0) is 17.4. The van der Waals surface area contributed by atoms with Crippen molar-refractivity contribution >= 4 is 23.3 Å². The molecule has 1 heterocycles. The summed E-state index contributed by atoms with van der Waals surface area (Å²) < 4.78 is 0. The third-order valence-electron chi connectivity index (χ3n) is 4.18. The molecule has 0 bridgehead atoms. The second-order valence-electron chi connectivity index (χ2n) is 5.64. The molecular weight excluding hydrogens is 312 g/mol. The van der Waals surface area contributed by atoms with Crippen molar-refractivity contribution in [1.82, 2.24) is 0 Å². The maximum atomic E-state index is 12.5. The Labute approximate surface area is 137 Å². The molecule has 0 aromatic heterocycles. The van der Waals surface area contributed by atoms with E-state index in [-0.39, 0.29) is 18.1 Å². The van der Waals surface area contributed by atoms with Crippen molar-refractivity contribution in [1.29, 1.82) is 0 Å². The second kappa shape index (κ2) is 5.77. The van der Waals surface area contributed by atoms with Crippen molar-refractivity contribution < 1.29 is 19.6 Å². The summed E-state index contributed by atoms with van der Waals surface area (Å²) in [5, 5.41) is 19.9. The fourth-order valence-electron chi connectivity index (χ4n) is 2.71. The van der Waals surface area contributed by atoms with Gasteiger partial charge in [0, 0.05) is 23.4 Å². The van der Waals surface area contributed by atoms with Crippen molar-refractivity contribution in [2.75, 3.05) is 4.90 Å². The standard InChI is InChI=1S/C17H14N2O5/c1-10(17(21)22)11-2-4-13(5-3-11)18-9-12-8-14(19(23)24)6-7-15(12)16(18)20/h2-8,10H,9H2,1H3,(H,21,22). The summed E-state index contributed by atoms with van der Waals surface area (Å²) >= 11 is 0. The predicted molar refractivity (Wildman–Crippen MR) is 86.1 cm³/mol. The van der Waals surface area contributed by atoms with Gasteiger partial charge in [0.25, 0.3) is 11.6 Å². The molecule has 2 aromatic rings. The third kappa shape index (κ3) is 2.60. The SMILES string of the molecule is CC(C(=O)O)c1ccc(N2Cc3cc([N+](=O)[O-])ccc3C2=O)cc1. The largest absolute Gasteiger partial charge is 0.481 e. The van der Waals surface area contributed by atoms with Crippen LogP contribution in [0.2, 0.25) is 0 Å². The zero-order valence-electron chi connectivity index (χ0n) is 12.8. The van der Waals surface area contributed by atoms with Gasteiger partial charge < -0.3 is 10.0 Å². The van der Waals surface area contributed by atoms with E-state index >= 15 is 0 Å². The highest BCUT2D eigenvalue weighted by atomic mass is 16.6. The summed E-state index contributed by atoms with van der Waals surface area (Å²) in [6, 6.07) is 10.9. The molecule has 0 radical (unpaired) electrons. The first-order chi connectivity index (χ1) is 11.4. The normalized spacial score (nSPS) is 14.4. The van der Waals surface area contributed by atoms with Gasteiger partial charge in [0.15, 0.2) is 0 Å². The van der Waals surface area contributed by atoms with Gasteiger partial charge in [0.05, 0.1) is 17.4 Å². The third-order valence-corrected chi connectivity index (χ3v) is 4.18. The van der Waals surface area contributed by atoms with Gasteiger partial charge in [-0.15, -0.1) is 0 Å². The van der Waals surface area contributed by atoms with E-state index in [1.165, 1.54) is 23.1 Å². The van der Waals surface area contributed by atoms with Crippen LogP contribution in [-0.2, 0) is 11.3 Å². The van der Waals surface area contributed by atoms with Crippen LogP contribution in [-0.4, -0.2) is 21.9 Å². The lowest BCUT2D eigenvalue weighted by atomic mass is 10.0. The fourth-order valence-corrected chi connectivity index (χ4v) is 2.71. The van der Waals surface area contributed by atoms with Crippen LogP contribution in [0.3, 0.4) is 0 Å². The lowest BCUT2D eigenvalue weighted by molar-refractivity contribution is -0.384. The molecule has 3 rings (SSSR count). The summed E-state index contributed by atoms with van der Waals surface area (Å²) in [5.41, 5.74) is 2.28. The lowest BCUT2D eigenvalue weighted by Gasteiger charge is -2.16. The number of carboxylic acid groups (broad SMARTS) is 1. The predicted octanol–water partition coefficient (Wildman–Crippen LogP) is 2.94. The topological polar surface area (TPSA) is 101 Å². The molecule has 7 nitrogen and oxygen atoms in total. The van der Waals surface area contributed by atoms with Crippen LogP contribution in [0.1, 0.15) is 34.3 Å². The molecule has 1 atom stereocenters. The number of carbonyl (C=O) groups is 2. The van der Waals surface area contributed by atoms with Crippen LogP contribution in [0.15, 0.2) is 42.5 Å². The lowest BCUT2D eigenvalue weighted by Crippen LogP contribution is -2.23. The van der Waals surface area contributed by atoms with E-state index in [1.807, 2.05) is 0 Å². The van der Waals surface area contributed by atoms with Gasteiger partial charge in [-0.05, 0) is 36.2 Å². The van der Waals surface area contributed by atoms with E-state index < -0.39 is 16.8 Å². The zero-order valence-corrected chi connectivity index (χ0v) is 12.8. The number of aliphatic carboxylic acids is 1. The van der Waals surface area contributed by atoms with Crippen molar-refractivity contribution in [3.8, 4) is 0 Å². The summed E-state index contributed by atoms with van der Waals surface area (Å²) in [5.74, 6) is -1.77. The molecule has 1 aliphatic heterocycles. The summed E-state index contributed by atoms with van der Waals surface area (Å²) in [6.45, 7) is 1.84. The van der Waals surface area contributed by atoms with Crippen LogP contribution in [0, 0.1) is 10.1 Å². The number of carbonyl (C=O) groups excluding carboxylic acids is 1. The number of fused-ring (bicyclic) bond motifs is 1. The first kappa shape index (κ1) is 15.7. The number of anilines is 1. The number of non-ortho nitro benzene ring substituents is 1. The average Bonchev–Trinajstić information content (AvgIpc) is 2.90. The molecule has 1 aliphatic rings. The maximum absolute atomic E-state index is 12.5. The van der Waals surface area contributed by atoms with Crippen molar-refractivity contribution in [3.63, 3.8) is 0 Å². The van der Waals surface area contributed by atoms with Crippen molar-refractivity contribution in [3.05, 3.63) is 69.3 Å². The smallest absolute Gasteiger partial charge is 0.310 e. The second-order valence-corrected chi connectivity index (χ2v) is 5.64. The molecule has 0 fully saturated rings. The number of nitrogens with zero attached hydrogens (tertiary/aromatic N) is 2. The number of benzene rings is 2. The summed E-state index contributed by atoms with van der Waals surface area (Å²) in [7, 11) is 0. The molecule has 0 aliphatic carbocycles. The molecule has 1 unspecified atom stereocenters. The Morgan fingerprint density at radius 1 is 1.25 bits per heavy atom. The summed E-state index contributed by atoms with van der Waals surface area (Å²) in [6.07, 6.45) is 0. The van der Waals surface area contributed by atoms with Crippen LogP contribution in [0.5, 0.6) is 0 Å². The average molecular weight is 326 g/mol. The van der Waals surface area contributed by atoms with Gasteiger partial charge in [0.1, 0.15) is 0 Å². The van der Waals surface area contributed by atoms with E-state index in [0.29, 0.717) is 22.4 Å². The first-order valence-corrected chi connectivity index (χ1v) is 7.30. The molecular formula is C17H14N2O5. The van der Waals surface area contributed by atoms with Crippen LogP contribution < -0.4 is 4.90 Å². The molecule has 0 saturated heterocycles. The summed E-state index contributed by atoms with van der Waals surface area (Å²) in [4.78, 5) is 35.4. The van der Waals surface area contributed by atoms with Gasteiger partial charge >= 0.3 is 5.97 Å². The Kier molecular flexibility index (Phi) is 3.76. The van der Waals surface area contributed by atoms with E-state index in [4.69, 9.17) is 5.11 Å². The molecule has 7 heteroatoms. The Balaban J connectivity index is 1.87. The van der Waals surface area contributed by atoms with E-state index in [1.54, 1.807) is 31.2 Å². The number of hydrogen-bond acceptors (Lipinski definition) is 4. The number of amides is 1. The molecule has 0 spiro atoms. The Hall–Kier alpha value is -3.22. The number of nitro benzene ring substituents is 1. The van der Waals surface area contributed by atoms with Crippen molar-refractivity contribution in [2.24, 2.45) is 0 Å². The van der Waals surface area contributed by atoms with Crippen LogP contribution >= 0.6 is 0 Å². The Bertz CT molecular complexity index is 845. The molecule has 2 aromatic carbocycles. The molecule has 122 valence electrons. The fraction of sp³-hybridized carbons (Fsp3) is 0.176. The van der Waals surface area contributed by atoms with Gasteiger partial charge in [-0.1, -0.05) is 12.1 Å². The molecule has 0 saturated carbocycles. The minimum atomic E-state index is -0.917. The van der Waals surface area contributed by atoms with E-state index in [2.05, 4.69) is 0 Å². The number of carboxylic acids is 1. The quantitative estimate of drug-likeness (QED) is 0.687. The Morgan fingerprint density at radius 3 is 2.50 bits per heavy atom. The van der Waals surface area contributed by atoms with Gasteiger partial charge in [0.2, 0.25) is 0 Å². The Morgan fingerprint density at radius 2 is 1.92 bits per heavy atom. The molecule has 1 amide bonds. The highest BCUT2D eigenvalue weighted by Crippen LogP contribution is 2.31. The first-order valence-electron chi connectivity index (χ1n) is 7.30. The van der Waals surface area contributed by atoms with E-state index in [0.717, 1.165) is 0 Å². The number of rotatable bonds is 4. The number of hydrogen-bond donors (Lipinski definition) is 1. The number of nitro groups is 1. The highest BCUT2D eigenvalue weighted by Gasteiger charge is 2.30. The van der Waals surface area contributed by atoms with Crippen molar-refractivity contribution in [2.45, 2.75) is 19.4 Å². The van der Waals surface area contributed by atoms with Gasteiger partial charge in [-0.2, -0.15) is 0 Å². The maximum Gasteiger partial charge on any atom is 0.310 e. The van der Waals surface area contributed by atoms with Gasteiger partial charge in [-0.3, -0.25) is 19.7 Å². The molecule has 24 heavy (non-hydrogen) atoms. The van der Waals surface area contributed by atoms with Gasteiger partial charge in [-0.25, -0.2) is 0 Å². The minimum Gasteiger partial charge on any atom is -0.481 e. The van der Waals surface area contributed by atoms with Crippen LogP contribution in [0.25, 0.3) is 0 Å². The minimum absolute atomic E-state index is 0.0472. The van der Waals surface area contributed by atoms with Crippen LogP contribution in [0.4, 0.5) is 11.4 Å². The highest BCUT2D eigenvalue weighted by molar-refractivity contribution is 6.10.